The Morgan fingerprint density at radius 3 is 2.56 bits per heavy atom. The highest BCUT2D eigenvalue weighted by Gasteiger charge is 2.45. The summed E-state index contributed by atoms with van der Waals surface area (Å²) in [4.78, 5) is 16.9. The maximum absolute atomic E-state index is 12.7. The molecule has 0 radical (unpaired) electrons. The summed E-state index contributed by atoms with van der Waals surface area (Å²) in [6.07, 6.45) is 2.41. The molecule has 1 aromatic heterocycles. The van der Waals surface area contributed by atoms with Crippen molar-refractivity contribution in [1.29, 1.82) is 0 Å². The van der Waals surface area contributed by atoms with Crippen molar-refractivity contribution in [2.24, 2.45) is 5.73 Å². The molecule has 1 aliphatic rings. The Morgan fingerprint density at radius 1 is 1.19 bits per heavy atom. The third-order valence-electron chi connectivity index (χ3n) is 4.99. The average Bonchev–Trinajstić information content (AvgIpc) is 3.32. The molecule has 0 bridgehead atoms. The van der Waals surface area contributed by atoms with Gasteiger partial charge in [-0.3, -0.25) is 4.79 Å². The van der Waals surface area contributed by atoms with Gasteiger partial charge in [-0.2, -0.15) is 4.98 Å². The van der Waals surface area contributed by atoms with Crippen LogP contribution in [0.2, 0.25) is 0 Å². The summed E-state index contributed by atoms with van der Waals surface area (Å²) in [6, 6.07) is 15.7. The smallest absolute Gasteiger partial charge is 0.251 e. The molecule has 0 spiro atoms. The van der Waals surface area contributed by atoms with E-state index in [1.54, 1.807) is 6.92 Å². The minimum absolute atomic E-state index is 0.0811. The lowest BCUT2D eigenvalue weighted by atomic mass is 9.98. The van der Waals surface area contributed by atoms with Gasteiger partial charge >= 0.3 is 0 Å². The molecule has 6 heteroatoms. The topological polar surface area (TPSA) is 94.0 Å². The zero-order valence-electron chi connectivity index (χ0n) is 15.2. The van der Waals surface area contributed by atoms with E-state index in [-0.39, 0.29) is 11.4 Å². The number of nitrogens with two attached hydrogens (primary N) is 1. The number of carbonyl (C=O) groups excluding carboxylic acids is 1. The van der Waals surface area contributed by atoms with Crippen LogP contribution in [0, 0.1) is 6.92 Å². The quantitative estimate of drug-likeness (QED) is 0.703. The number of nitrogens with one attached hydrogen (secondary N) is 1. The van der Waals surface area contributed by atoms with E-state index in [9.17, 15) is 4.79 Å². The third-order valence-corrected chi connectivity index (χ3v) is 4.99. The molecule has 1 aliphatic carbocycles. The number of rotatable bonds is 6. The summed E-state index contributed by atoms with van der Waals surface area (Å²) in [5.74, 6) is 1.10. The molecule has 0 unspecified atom stereocenters. The molecule has 1 saturated carbocycles. The highest BCUT2D eigenvalue weighted by molar-refractivity contribution is 5.95. The molecule has 2 aromatic carbocycles. The Hall–Kier alpha value is -2.99. The second-order valence-corrected chi connectivity index (χ2v) is 7.09. The van der Waals surface area contributed by atoms with Gasteiger partial charge in [-0.05, 0) is 48.6 Å². The standard InChI is InChI=1S/C21H22N4O2/c1-14-23-19(27-25-14)12-21(10-11-21)24-20(26)16-8-6-15(7-9-16)18-5-3-2-4-17(18)13-22/h2-9H,10-13,22H2,1H3,(H,24,26). The number of aromatic nitrogens is 2. The number of carbonyl (C=O) groups is 1. The minimum atomic E-state index is -0.263. The molecule has 1 fully saturated rings. The fraction of sp³-hybridized carbons (Fsp3) is 0.286. The van der Waals surface area contributed by atoms with Crippen LogP contribution in [0.25, 0.3) is 11.1 Å². The highest BCUT2D eigenvalue weighted by atomic mass is 16.5. The van der Waals surface area contributed by atoms with Gasteiger partial charge in [-0.25, -0.2) is 0 Å². The summed E-state index contributed by atoms with van der Waals surface area (Å²) in [7, 11) is 0. The zero-order chi connectivity index (χ0) is 18.9. The van der Waals surface area contributed by atoms with E-state index in [0.717, 1.165) is 29.5 Å². The van der Waals surface area contributed by atoms with E-state index in [2.05, 4.69) is 15.5 Å². The van der Waals surface area contributed by atoms with Crippen molar-refractivity contribution in [3.63, 3.8) is 0 Å². The summed E-state index contributed by atoms with van der Waals surface area (Å²) in [5, 5.41) is 6.95. The molecule has 3 N–H and O–H groups in total. The number of hydrogen-bond acceptors (Lipinski definition) is 5. The number of nitrogens with zero attached hydrogens (tertiary/aromatic N) is 2. The van der Waals surface area contributed by atoms with Crippen molar-refractivity contribution < 1.29 is 9.32 Å². The van der Waals surface area contributed by atoms with E-state index in [1.807, 2.05) is 48.5 Å². The van der Waals surface area contributed by atoms with Gasteiger partial charge < -0.3 is 15.6 Å². The van der Waals surface area contributed by atoms with Crippen LogP contribution in [-0.2, 0) is 13.0 Å². The maximum atomic E-state index is 12.7. The first-order chi connectivity index (χ1) is 13.1. The highest BCUT2D eigenvalue weighted by Crippen LogP contribution is 2.38. The van der Waals surface area contributed by atoms with Crippen molar-refractivity contribution >= 4 is 5.91 Å². The van der Waals surface area contributed by atoms with Gasteiger partial charge in [0.1, 0.15) is 0 Å². The first kappa shape index (κ1) is 17.4. The van der Waals surface area contributed by atoms with Crippen molar-refractivity contribution in [1.82, 2.24) is 15.5 Å². The van der Waals surface area contributed by atoms with E-state index in [0.29, 0.717) is 30.2 Å². The van der Waals surface area contributed by atoms with Crippen LogP contribution in [0.1, 0.15) is 40.5 Å². The van der Waals surface area contributed by atoms with Crippen LogP contribution in [0.4, 0.5) is 0 Å². The first-order valence-electron chi connectivity index (χ1n) is 9.09. The van der Waals surface area contributed by atoms with Gasteiger partial charge in [0.15, 0.2) is 5.82 Å². The second-order valence-electron chi connectivity index (χ2n) is 7.09. The summed E-state index contributed by atoms with van der Waals surface area (Å²) >= 11 is 0. The number of benzene rings is 2. The zero-order valence-corrected chi connectivity index (χ0v) is 15.2. The molecule has 0 atom stereocenters. The molecule has 0 aliphatic heterocycles. The van der Waals surface area contributed by atoms with E-state index in [1.165, 1.54) is 0 Å². The summed E-state index contributed by atoms with van der Waals surface area (Å²) < 4.78 is 5.19. The summed E-state index contributed by atoms with van der Waals surface area (Å²) in [5.41, 5.74) is 9.43. The fourth-order valence-corrected chi connectivity index (χ4v) is 3.29. The van der Waals surface area contributed by atoms with Crippen molar-refractivity contribution in [2.45, 2.75) is 38.3 Å². The monoisotopic (exact) mass is 362 g/mol. The Balaban J connectivity index is 1.47. The van der Waals surface area contributed by atoms with Crippen LogP contribution >= 0.6 is 0 Å². The molecular formula is C21H22N4O2. The fourth-order valence-electron chi connectivity index (χ4n) is 3.29. The van der Waals surface area contributed by atoms with Gasteiger partial charge in [0.2, 0.25) is 5.89 Å². The van der Waals surface area contributed by atoms with E-state index < -0.39 is 0 Å². The SMILES string of the molecule is Cc1noc(CC2(NC(=O)c3ccc(-c4ccccc4CN)cc3)CC2)n1. The molecular weight excluding hydrogens is 340 g/mol. The Bertz CT molecular complexity index is 958. The van der Waals surface area contributed by atoms with Gasteiger partial charge in [0, 0.05) is 17.6 Å². The maximum Gasteiger partial charge on any atom is 0.251 e. The summed E-state index contributed by atoms with van der Waals surface area (Å²) in [6.45, 7) is 2.27. The predicted octanol–water partition coefficient (Wildman–Crippen LogP) is 3.01. The van der Waals surface area contributed by atoms with Gasteiger partial charge in [-0.1, -0.05) is 41.6 Å². The van der Waals surface area contributed by atoms with Gasteiger partial charge in [0.05, 0.1) is 6.42 Å². The van der Waals surface area contributed by atoms with Crippen LogP contribution in [-0.4, -0.2) is 21.6 Å². The lowest BCUT2D eigenvalue weighted by molar-refractivity contribution is 0.0929. The molecule has 27 heavy (non-hydrogen) atoms. The largest absolute Gasteiger partial charge is 0.346 e. The van der Waals surface area contributed by atoms with E-state index in [4.69, 9.17) is 10.3 Å². The van der Waals surface area contributed by atoms with Crippen LogP contribution in [0.15, 0.2) is 53.1 Å². The van der Waals surface area contributed by atoms with Crippen molar-refractivity contribution in [3.8, 4) is 11.1 Å². The lowest BCUT2D eigenvalue weighted by Crippen LogP contribution is -2.38. The average molecular weight is 362 g/mol. The molecule has 138 valence electrons. The Kier molecular flexibility index (Phi) is 4.49. The van der Waals surface area contributed by atoms with Gasteiger partial charge in [0.25, 0.3) is 5.91 Å². The van der Waals surface area contributed by atoms with Crippen molar-refractivity contribution in [2.75, 3.05) is 0 Å². The number of aryl methyl sites for hydroxylation is 1. The third kappa shape index (κ3) is 3.75. The molecule has 1 amide bonds. The van der Waals surface area contributed by atoms with Crippen LogP contribution in [0.3, 0.4) is 0 Å². The molecule has 1 heterocycles. The molecule has 0 saturated heterocycles. The van der Waals surface area contributed by atoms with Crippen LogP contribution in [0.5, 0.6) is 0 Å². The van der Waals surface area contributed by atoms with Crippen LogP contribution < -0.4 is 11.1 Å². The minimum Gasteiger partial charge on any atom is -0.346 e. The Labute approximate surface area is 157 Å². The normalized spacial score (nSPS) is 14.7. The molecule has 3 aromatic rings. The molecule has 4 rings (SSSR count). The second kappa shape index (κ2) is 6.96. The number of hydrogen-bond donors (Lipinski definition) is 2. The molecule has 6 nitrogen and oxygen atoms in total. The predicted molar refractivity (Wildman–Crippen MR) is 102 cm³/mol. The number of amides is 1. The lowest BCUT2D eigenvalue weighted by Gasteiger charge is -2.15. The Morgan fingerprint density at radius 2 is 1.93 bits per heavy atom. The van der Waals surface area contributed by atoms with Crippen molar-refractivity contribution in [3.05, 3.63) is 71.4 Å². The van der Waals surface area contributed by atoms with E-state index >= 15 is 0 Å². The van der Waals surface area contributed by atoms with Gasteiger partial charge in [-0.15, -0.1) is 0 Å². The first-order valence-corrected chi connectivity index (χ1v) is 9.09.